The van der Waals surface area contributed by atoms with Gasteiger partial charge in [-0.2, -0.15) is 4.31 Å². The van der Waals surface area contributed by atoms with Crippen LogP contribution in [0.3, 0.4) is 0 Å². The summed E-state index contributed by atoms with van der Waals surface area (Å²) in [6.07, 6.45) is -3.96. The third-order valence-corrected chi connectivity index (χ3v) is 12.7. The summed E-state index contributed by atoms with van der Waals surface area (Å²) in [5, 5.41) is 26.5. The van der Waals surface area contributed by atoms with Crippen LogP contribution in [0.15, 0.2) is 43.0 Å². The van der Waals surface area contributed by atoms with Gasteiger partial charge in [0.05, 0.1) is 19.5 Å². The Bertz CT molecular complexity index is 2080. The van der Waals surface area contributed by atoms with Gasteiger partial charge in [-0.1, -0.05) is 55.9 Å². The Morgan fingerprint density at radius 1 is 0.983 bits per heavy atom. The van der Waals surface area contributed by atoms with Crippen molar-refractivity contribution < 1.29 is 80.5 Å². The molecule has 0 bridgehead atoms. The fourth-order valence-electron chi connectivity index (χ4n) is 5.61. The van der Waals surface area contributed by atoms with Crippen molar-refractivity contribution in [2.75, 3.05) is 37.8 Å². The Balaban J connectivity index is 1.17. The highest BCUT2D eigenvalue weighted by molar-refractivity contribution is 8.13. The standard InChI is InChI=1S/C32H48N7O17P3S/c1-32(2,27(43)30(44)35-13-12-22(40)34-14-15-60-23(41)11-7-6-10-20-8-4-3-5-9-20)17-53-59(50,51)56-58(48,49)52-16-21-26(55-57(45,46)47)25(42)31(54-21)39-19-38-24-28(33)36-18-37-29(24)39/h3-5,8-9,18-19,21,25-27,31,42-43H,6-7,10-17H2,1-2H3,(H,34,40)(H,35,44)(H,48,49)(H,50,51)(H2,33,36,37)(H2,45,46,47). The van der Waals surface area contributed by atoms with Crippen molar-refractivity contribution in [3.05, 3.63) is 48.5 Å². The summed E-state index contributed by atoms with van der Waals surface area (Å²) in [6.45, 7) is 0.520. The number of thioether (sulfide) groups is 1. The minimum atomic E-state index is -5.57. The number of anilines is 1. The van der Waals surface area contributed by atoms with Crippen LogP contribution in [0.1, 0.15) is 51.3 Å². The van der Waals surface area contributed by atoms with Gasteiger partial charge in [-0.3, -0.25) is 32.5 Å². The summed E-state index contributed by atoms with van der Waals surface area (Å²) < 4.78 is 62.2. The molecular formula is C32H48N7O17P3S. The second-order valence-electron chi connectivity index (χ2n) is 14.0. The number of amides is 2. The number of hydrogen-bond acceptors (Lipinski definition) is 18. The number of nitrogen functional groups attached to an aromatic ring is 1. The van der Waals surface area contributed by atoms with Crippen molar-refractivity contribution in [2.24, 2.45) is 5.41 Å². The van der Waals surface area contributed by atoms with Crippen LogP contribution in [0.4, 0.5) is 5.82 Å². The maximum Gasteiger partial charge on any atom is 0.481 e. The molecule has 0 saturated carbocycles. The van der Waals surface area contributed by atoms with Crippen molar-refractivity contribution in [1.82, 2.24) is 30.2 Å². The molecule has 2 aromatic heterocycles. The summed E-state index contributed by atoms with van der Waals surface area (Å²) in [5.74, 6) is -1.08. The largest absolute Gasteiger partial charge is 0.481 e. The first-order valence-electron chi connectivity index (χ1n) is 18.2. The zero-order chi connectivity index (χ0) is 44.3. The molecule has 0 spiro atoms. The van der Waals surface area contributed by atoms with Crippen molar-refractivity contribution in [2.45, 2.75) is 76.6 Å². The molecule has 334 valence electrons. The first kappa shape index (κ1) is 49.4. The fourth-order valence-corrected chi connectivity index (χ4v) is 9.16. The predicted molar refractivity (Wildman–Crippen MR) is 211 cm³/mol. The van der Waals surface area contributed by atoms with Gasteiger partial charge in [0.1, 0.15) is 36.3 Å². The summed E-state index contributed by atoms with van der Waals surface area (Å²) >= 11 is 1.12. The minimum absolute atomic E-state index is 0.0224. The van der Waals surface area contributed by atoms with Gasteiger partial charge in [0.2, 0.25) is 11.8 Å². The highest BCUT2D eigenvalue weighted by Crippen LogP contribution is 2.61. The summed E-state index contributed by atoms with van der Waals surface area (Å²) in [6, 6.07) is 9.95. The van der Waals surface area contributed by atoms with Gasteiger partial charge < -0.3 is 50.9 Å². The van der Waals surface area contributed by atoms with Gasteiger partial charge in [-0.25, -0.2) is 28.6 Å². The Kier molecular flexibility index (Phi) is 17.9. The van der Waals surface area contributed by atoms with Crippen LogP contribution in [0.25, 0.3) is 11.2 Å². The van der Waals surface area contributed by atoms with Crippen LogP contribution in [0.5, 0.6) is 0 Å². The molecule has 10 N–H and O–H groups in total. The number of carbonyl (C=O) groups excluding carboxylic acids is 3. The van der Waals surface area contributed by atoms with Gasteiger partial charge >= 0.3 is 23.5 Å². The number of ether oxygens (including phenoxy) is 1. The molecular weight excluding hydrogens is 879 g/mol. The molecule has 7 atom stereocenters. The third-order valence-electron chi connectivity index (χ3n) is 8.70. The first-order chi connectivity index (χ1) is 28.1. The number of aliphatic hydroxyl groups is 2. The van der Waals surface area contributed by atoms with E-state index in [4.69, 9.17) is 19.5 Å². The number of fused-ring (bicyclic) bond motifs is 1. The van der Waals surface area contributed by atoms with E-state index in [0.29, 0.717) is 12.2 Å². The number of phosphoric ester groups is 3. The average molecular weight is 928 g/mol. The molecule has 1 fully saturated rings. The monoisotopic (exact) mass is 927 g/mol. The smallest absolute Gasteiger partial charge is 0.386 e. The molecule has 1 aromatic carbocycles. The van der Waals surface area contributed by atoms with Gasteiger partial charge in [-0.15, -0.1) is 0 Å². The number of aliphatic hydroxyl groups excluding tert-OH is 2. The van der Waals surface area contributed by atoms with Crippen LogP contribution in [-0.2, 0) is 57.1 Å². The van der Waals surface area contributed by atoms with Crippen LogP contribution in [-0.4, -0.2) is 123 Å². The first-order valence-corrected chi connectivity index (χ1v) is 23.7. The number of aromatic nitrogens is 4. The molecule has 1 aliphatic rings. The molecule has 7 unspecified atom stereocenters. The van der Waals surface area contributed by atoms with E-state index in [1.807, 2.05) is 30.3 Å². The van der Waals surface area contributed by atoms with Crippen LogP contribution in [0.2, 0.25) is 0 Å². The van der Waals surface area contributed by atoms with Crippen LogP contribution in [0, 0.1) is 5.41 Å². The number of phosphoric acid groups is 3. The van der Waals surface area contributed by atoms with E-state index in [-0.39, 0.29) is 41.6 Å². The number of nitrogens with two attached hydrogens (primary N) is 1. The number of nitrogens with zero attached hydrogens (tertiary/aromatic N) is 4. The lowest BCUT2D eigenvalue weighted by molar-refractivity contribution is -0.137. The van der Waals surface area contributed by atoms with Gasteiger partial charge in [0, 0.05) is 37.1 Å². The van der Waals surface area contributed by atoms with E-state index in [1.165, 1.54) is 19.4 Å². The maximum absolute atomic E-state index is 12.7. The molecule has 28 heteroatoms. The summed E-state index contributed by atoms with van der Waals surface area (Å²) in [7, 11) is -16.4. The molecule has 60 heavy (non-hydrogen) atoms. The highest BCUT2D eigenvalue weighted by Gasteiger charge is 2.50. The molecule has 1 aliphatic heterocycles. The van der Waals surface area contributed by atoms with E-state index < -0.39 is 84.6 Å². The van der Waals surface area contributed by atoms with E-state index >= 15 is 0 Å². The van der Waals surface area contributed by atoms with E-state index in [9.17, 15) is 57.9 Å². The molecule has 24 nitrogen and oxygen atoms in total. The fraction of sp³-hybridized carbons (Fsp3) is 0.562. The van der Waals surface area contributed by atoms with E-state index in [2.05, 4.69) is 34.4 Å². The van der Waals surface area contributed by atoms with Crippen molar-refractivity contribution in [1.29, 1.82) is 0 Å². The van der Waals surface area contributed by atoms with Crippen LogP contribution >= 0.6 is 35.2 Å². The molecule has 4 rings (SSSR count). The quantitative estimate of drug-likeness (QED) is 0.0448. The molecule has 0 aliphatic carbocycles. The summed E-state index contributed by atoms with van der Waals surface area (Å²) in [4.78, 5) is 88.0. The SMILES string of the molecule is CC(C)(COP(=O)(O)OP(=O)(O)OCC1OC(n2cnc3c(N)ncnc32)C(O)C1OP(=O)(O)O)C(O)C(=O)NCCC(=O)NCCSC(=O)CCCCc1ccccc1. The number of aryl methyl sites for hydroxylation is 1. The predicted octanol–water partition coefficient (Wildman–Crippen LogP) is 1.08. The van der Waals surface area contributed by atoms with Gasteiger partial charge in [0.25, 0.3) is 0 Å². The van der Waals surface area contributed by atoms with Crippen molar-refractivity contribution in [3.63, 3.8) is 0 Å². The number of rotatable bonds is 24. The van der Waals surface area contributed by atoms with Gasteiger partial charge in [0.15, 0.2) is 22.8 Å². The van der Waals surface area contributed by atoms with Crippen molar-refractivity contribution in [3.8, 4) is 0 Å². The van der Waals surface area contributed by atoms with E-state index in [1.54, 1.807) is 0 Å². The normalized spacial score (nSPS) is 20.9. The number of benzene rings is 1. The lowest BCUT2D eigenvalue weighted by Crippen LogP contribution is -2.46. The Hall–Kier alpha value is -3.22. The molecule has 3 aromatic rings. The molecule has 1 saturated heterocycles. The number of nitrogens with one attached hydrogen (secondary N) is 2. The van der Waals surface area contributed by atoms with Crippen LogP contribution < -0.4 is 16.4 Å². The Labute approximate surface area is 347 Å². The number of carbonyl (C=O) groups is 3. The number of unbranched alkanes of at least 4 members (excludes halogenated alkanes) is 1. The Morgan fingerprint density at radius 2 is 1.68 bits per heavy atom. The maximum atomic E-state index is 12.7. The third kappa shape index (κ3) is 15.3. The summed E-state index contributed by atoms with van der Waals surface area (Å²) in [5.41, 5.74) is 5.48. The highest BCUT2D eigenvalue weighted by atomic mass is 32.2. The zero-order valence-electron chi connectivity index (χ0n) is 32.3. The average Bonchev–Trinajstić information content (AvgIpc) is 3.73. The molecule has 2 amide bonds. The van der Waals surface area contributed by atoms with Crippen molar-refractivity contribution >= 4 is 69.1 Å². The van der Waals surface area contributed by atoms with E-state index in [0.717, 1.165) is 48.2 Å². The van der Waals surface area contributed by atoms with Gasteiger partial charge in [-0.05, 0) is 24.8 Å². The number of hydrogen-bond donors (Lipinski definition) is 9. The second kappa shape index (κ2) is 21.7. The topological polar surface area (TPSA) is 364 Å². The Morgan fingerprint density at radius 3 is 2.38 bits per heavy atom. The zero-order valence-corrected chi connectivity index (χ0v) is 35.8. The molecule has 0 radical (unpaired) electrons. The lowest BCUT2D eigenvalue weighted by Gasteiger charge is -2.30. The minimum Gasteiger partial charge on any atom is -0.386 e. The number of imidazole rings is 1. The lowest BCUT2D eigenvalue weighted by atomic mass is 9.87. The molecule has 3 heterocycles. The second-order valence-corrected chi connectivity index (χ2v) is 19.4.